The van der Waals surface area contributed by atoms with Crippen LogP contribution in [0, 0.1) is 0 Å². The molecule has 0 radical (unpaired) electrons. The van der Waals surface area contributed by atoms with Crippen LogP contribution in [-0.2, 0) is 0 Å². The molecule has 1 aliphatic carbocycles. The van der Waals surface area contributed by atoms with Gasteiger partial charge in [0.25, 0.3) is 0 Å². The van der Waals surface area contributed by atoms with Crippen molar-refractivity contribution in [2.75, 3.05) is 17.3 Å². The second kappa shape index (κ2) is 5.79. The number of benzene rings is 1. The van der Waals surface area contributed by atoms with Gasteiger partial charge in [-0.3, -0.25) is 4.98 Å². The molecule has 100 valence electrons. The molecule has 0 unspecified atom stereocenters. The van der Waals surface area contributed by atoms with Crippen molar-refractivity contribution in [3.63, 3.8) is 0 Å². The summed E-state index contributed by atoms with van der Waals surface area (Å²) in [6, 6.07) is 11.1. The maximum absolute atomic E-state index is 6.02. The number of pyridine rings is 1. The Kier molecular flexibility index (Phi) is 3.88. The Hall–Kier alpha value is -1.28. The van der Waals surface area contributed by atoms with E-state index in [4.69, 9.17) is 11.6 Å². The average molecular weight is 275 g/mol. The number of rotatable bonds is 4. The zero-order valence-electron chi connectivity index (χ0n) is 11.1. The summed E-state index contributed by atoms with van der Waals surface area (Å²) >= 11 is 6.02. The van der Waals surface area contributed by atoms with E-state index in [1.165, 1.54) is 36.8 Å². The molecule has 19 heavy (non-hydrogen) atoms. The molecule has 1 aliphatic rings. The van der Waals surface area contributed by atoms with Gasteiger partial charge in [-0.25, -0.2) is 0 Å². The Morgan fingerprint density at radius 1 is 1.16 bits per heavy atom. The first kappa shape index (κ1) is 12.7. The van der Waals surface area contributed by atoms with Crippen LogP contribution in [0.1, 0.15) is 25.7 Å². The zero-order valence-corrected chi connectivity index (χ0v) is 11.8. The van der Waals surface area contributed by atoms with E-state index in [1.807, 2.05) is 12.3 Å². The molecule has 1 fully saturated rings. The highest BCUT2D eigenvalue weighted by molar-refractivity contribution is 6.18. The Morgan fingerprint density at radius 2 is 1.95 bits per heavy atom. The lowest BCUT2D eigenvalue weighted by atomic mass is 10.1. The van der Waals surface area contributed by atoms with Crippen LogP contribution in [0.15, 0.2) is 36.5 Å². The summed E-state index contributed by atoms with van der Waals surface area (Å²) in [7, 11) is 0. The monoisotopic (exact) mass is 274 g/mol. The third-order valence-electron chi connectivity index (χ3n) is 4.03. The summed E-state index contributed by atoms with van der Waals surface area (Å²) < 4.78 is 0. The van der Waals surface area contributed by atoms with Gasteiger partial charge in [0.2, 0.25) is 0 Å². The first-order valence-corrected chi connectivity index (χ1v) is 7.60. The number of nitrogens with zero attached hydrogens (tertiary/aromatic N) is 2. The lowest BCUT2D eigenvalue weighted by Gasteiger charge is -2.31. The maximum atomic E-state index is 6.02. The maximum Gasteiger partial charge on any atom is 0.0722 e. The van der Waals surface area contributed by atoms with E-state index in [2.05, 4.69) is 34.1 Å². The molecule has 0 amide bonds. The molecule has 2 nitrogen and oxygen atoms in total. The summed E-state index contributed by atoms with van der Waals surface area (Å²) in [5.41, 5.74) is 2.36. The molecule has 0 spiro atoms. The van der Waals surface area contributed by atoms with Crippen molar-refractivity contribution < 1.29 is 0 Å². The van der Waals surface area contributed by atoms with E-state index in [1.54, 1.807) is 0 Å². The number of alkyl halides is 1. The molecule has 2 aromatic rings. The number of halogens is 1. The van der Waals surface area contributed by atoms with Gasteiger partial charge in [-0.2, -0.15) is 0 Å². The van der Waals surface area contributed by atoms with Crippen molar-refractivity contribution in [1.29, 1.82) is 0 Å². The summed E-state index contributed by atoms with van der Waals surface area (Å²) in [5.74, 6) is 0.674. The number of fused-ring (bicyclic) bond motifs is 1. The Morgan fingerprint density at radius 3 is 2.74 bits per heavy atom. The van der Waals surface area contributed by atoms with Crippen molar-refractivity contribution in [2.45, 2.75) is 31.7 Å². The van der Waals surface area contributed by atoms with Crippen molar-refractivity contribution in [1.82, 2.24) is 4.98 Å². The molecule has 0 aliphatic heterocycles. The molecule has 0 bridgehead atoms. The molecule has 0 N–H and O–H groups in total. The van der Waals surface area contributed by atoms with E-state index in [0.29, 0.717) is 11.9 Å². The van der Waals surface area contributed by atoms with Gasteiger partial charge in [-0.1, -0.05) is 31.0 Å². The molecular weight excluding hydrogens is 256 g/mol. The molecule has 1 aromatic heterocycles. The van der Waals surface area contributed by atoms with Crippen LogP contribution in [-0.4, -0.2) is 23.5 Å². The third-order valence-corrected chi connectivity index (χ3v) is 4.20. The van der Waals surface area contributed by atoms with Crippen LogP contribution >= 0.6 is 11.6 Å². The van der Waals surface area contributed by atoms with E-state index >= 15 is 0 Å². The SMILES string of the molecule is ClCCN(c1ccnc2ccccc12)C1CCCC1. The van der Waals surface area contributed by atoms with Gasteiger partial charge in [0.1, 0.15) is 0 Å². The second-order valence-electron chi connectivity index (χ2n) is 5.17. The lowest BCUT2D eigenvalue weighted by Crippen LogP contribution is -2.35. The fraction of sp³-hybridized carbons (Fsp3) is 0.438. The Labute approximate surface area is 119 Å². The average Bonchev–Trinajstić information content (AvgIpc) is 2.98. The van der Waals surface area contributed by atoms with Crippen LogP contribution in [0.3, 0.4) is 0 Å². The normalized spacial score (nSPS) is 16.1. The quantitative estimate of drug-likeness (QED) is 0.776. The van der Waals surface area contributed by atoms with Crippen LogP contribution in [0.4, 0.5) is 5.69 Å². The minimum atomic E-state index is 0.643. The topological polar surface area (TPSA) is 16.1 Å². The highest BCUT2D eigenvalue weighted by Crippen LogP contribution is 2.32. The summed E-state index contributed by atoms with van der Waals surface area (Å²) in [4.78, 5) is 6.94. The molecule has 1 aromatic carbocycles. The molecule has 3 rings (SSSR count). The fourth-order valence-electron chi connectivity index (χ4n) is 3.14. The zero-order chi connectivity index (χ0) is 13.1. The van der Waals surface area contributed by atoms with Crippen molar-refractivity contribution in [3.05, 3.63) is 36.5 Å². The smallest absolute Gasteiger partial charge is 0.0722 e. The molecule has 0 atom stereocenters. The van der Waals surface area contributed by atoms with E-state index in [9.17, 15) is 0 Å². The van der Waals surface area contributed by atoms with Crippen LogP contribution in [0.5, 0.6) is 0 Å². The van der Waals surface area contributed by atoms with Crippen molar-refractivity contribution >= 4 is 28.2 Å². The largest absolute Gasteiger partial charge is 0.367 e. The van der Waals surface area contributed by atoms with E-state index in [-0.39, 0.29) is 0 Å². The molecular formula is C16H19ClN2. The Bertz CT molecular complexity index is 544. The van der Waals surface area contributed by atoms with Crippen LogP contribution < -0.4 is 4.90 Å². The first-order chi connectivity index (χ1) is 9.40. The highest BCUT2D eigenvalue weighted by atomic mass is 35.5. The number of para-hydroxylation sites is 1. The predicted molar refractivity (Wildman–Crippen MR) is 82.1 cm³/mol. The summed E-state index contributed by atoms with van der Waals surface area (Å²) in [5, 5.41) is 1.24. The van der Waals surface area contributed by atoms with Crippen molar-refractivity contribution in [3.8, 4) is 0 Å². The number of aromatic nitrogens is 1. The predicted octanol–water partition coefficient (Wildman–Crippen LogP) is 4.22. The standard InChI is InChI=1S/C16H19ClN2/c17-10-12-19(13-5-1-2-6-13)16-9-11-18-15-8-4-3-7-14(15)16/h3-4,7-9,11,13H,1-2,5-6,10,12H2. The summed E-state index contributed by atoms with van der Waals surface area (Å²) in [6.45, 7) is 0.917. The number of hydrogen-bond acceptors (Lipinski definition) is 2. The van der Waals surface area contributed by atoms with Crippen LogP contribution in [0.25, 0.3) is 10.9 Å². The highest BCUT2D eigenvalue weighted by Gasteiger charge is 2.23. The number of anilines is 1. The molecule has 3 heteroatoms. The minimum Gasteiger partial charge on any atom is -0.367 e. The second-order valence-corrected chi connectivity index (χ2v) is 5.55. The van der Waals surface area contributed by atoms with Gasteiger partial charge in [0.05, 0.1) is 5.52 Å². The van der Waals surface area contributed by atoms with Gasteiger partial charge in [0.15, 0.2) is 0 Å². The molecule has 1 saturated carbocycles. The Balaban J connectivity index is 2.03. The lowest BCUT2D eigenvalue weighted by molar-refractivity contribution is 0.623. The van der Waals surface area contributed by atoms with Gasteiger partial charge in [0, 0.05) is 35.7 Å². The van der Waals surface area contributed by atoms with Crippen LogP contribution in [0.2, 0.25) is 0 Å². The van der Waals surface area contributed by atoms with Crippen molar-refractivity contribution in [2.24, 2.45) is 0 Å². The third kappa shape index (κ3) is 2.55. The first-order valence-electron chi connectivity index (χ1n) is 7.06. The fourth-order valence-corrected chi connectivity index (χ4v) is 3.32. The minimum absolute atomic E-state index is 0.643. The molecule has 1 heterocycles. The summed E-state index contributed by atoms with van der Waals surface area (Å²) in [6.07, 6.45) is 7.16. The van der Waals surface area contributed by atoms with E-state index < -0.39 is 0 Å². The van der Waals surface area contributed by atoms with Gasteiger partial charge in [-0.15, -0.1) is 11.6 Å². The van der Waals surface area contributed by atoms with Gasteiger partial charge >= 0.3 is 0 Å². The number of hydrogen-bond donors (Lipinski definition) is 0. The van der Waals surface area contributed by atoms with E-state index in [0.717, 1.165) is 12.1 Å². The van der Waals surface area contributed by atoms with Gasteiger partial charge < -0.3 is 4.90 Å². The van der Waals surface area contributed by atoms with Gasteiger partial charge in [-0.05, 0) is 25.0 Å². The molecule has 0 saturated heterocycles.